The number of carbonyl (C=O) groups is 1. The maximum atomic E-state index is 12.7. The highest BCUT2D eigenvalue weighted by Crippen LogP contribution is 2.07. The van der Waals surface area contributed by atoms with E-state index in [1.807, 2.05) is 0 Å². The molecule has 0 bridgehead atoms. The molecule has 0 aromatic carbocycles. The number of esters is 1. The lowest BCUT2D eigenvalue weighted by molar-refractivity contribution is -0.156. The molecule has 0 heterocycles. The van der Waals surface area contributed by atoms with Crippen molar-refractivity contribution in [3.8, 4) is 0 Å². The molecule has 0 N–H and O–H groups in total. The summed E-state index contributed by atoms with van der Waals surface area (Å²) >= 11 is 0. The molecule has 0 fully saturated rings. The predicted octanol–water partition coefficient (Wildman–Crippen LogP) is 1.54. The van der Waals surface area contributed by atoms with E-state index in [4.69, 9.17) is 4.74 Å². The summed E-state index contributed by atoms with van der Waals surface area (Å²) in [4.78, 5) is 11.4. The van der Waals surface area contributed by atoms with Gasteiger partial charge in [-0.25, -0.2) is 0 Å². The molecule has 0 aromatic rings. The van der Waals surface area contributed by atoms with E-state index >= 15 is 0 Å². The summed E-state index contributed by atoms with van der Waals surface area (Å²) < 4.78 is 22.0. The molecule has 0 atom stereocenters. The molecular formula is C10H19FN2O3. The van der Waals surface area contributed by atoms with Gasteiger partial charge in [0.25, 0.3) is 0 Å². The lowest BCUT2D eigenvalue weighted by atomic mass is 10.2. The van der Waals surface area contributed by atoms with Gasteiger partial charge in [0.2, 0.25) is 0 Å². The Morgan fingerprint density at radius 3 is 2.38 bits per heavy atom. The standard InChI is InChI=1S/C10H19FN2O3/c1-6-13(12-9(11)15-5)7-8(14)16-10(2,3)4/h6-7H2,1-5H3/b12-9+. The molecular weight excluding hydrogens is 215 g/mol. The minimum atomic E-state index is -0.981. The molecule has 0 spiro atoms. The SMILES string of the molecule is CCN(CC(=O)OC(C)(C)C)/N=C(\F)OC. The molecule has 6 heteroatoms. The first-order valence-electron chi connectivity index (χ1n) is 5.03. The number of hydrogen-bond acceptors (Lipinski definition) is 5. The number of carbonyl (C=O) groups excluding carboxylic acids is 1. The Labute approximate surface area is 95.2 Å². The third-order valence-electron chi connectivity index (χ3n) is 1.49. The number of rotatable bonds is 4. The summed E-state index contributed by atoms with van der Waals surface area (Å²) in [5, 5.41) is 4.67. The summed E-state index contributed by atoms with van der Waals surface area (Å²) in [5.41, 5.74) is -0.556. The van der Waals surface area contributed by atoms with E-state index in [1.54, 1.807) is 27.7 Å². The molecule has 0 rings (SSSR count). The first-order chi connectivity index (χ1) is 7.28. The first kappa shape index (κ1) is 14.7. The van der Waals surface area contributed by atoms with Crippen LogP contribution in [0.25, 0.3) is 0 Å². The maximum absolute atomic E-state index is 12.7. The molecule has 0 saturated carbocycles. The average Bonchev–Trinajstić information content (AvgIpc) is 2.13. The second kappa shape index (κ2) is 6.30. The van der Waals surface area contributed by atoms with E-state index in [2.05, 4.69) is 9.84 Å². The van der Waals surface area contributed by atoms with Crippen molar-refractivity contribution < 1.29 is 18.7 Å². The van der Waals surface area contributed by atoms with Crippen molar-refractivity contribution in [1.29, 1.82) is 0 Å². The first-order valence-corrected chi connectivity index (χ1v) is 5.03. The van der Waals surface area contributed by atoms with E-state index in [9.17, 15) is 9.18 Å². The smallest absolute Gasteiger partial charge is 0.393 e. The molecule has 16 heavy (non-hydrogen) atoms. The number of nitrogens with zero attached hydrogens (tertiary/aromatic N) is 2. The Morgan fingerprint density at radius 2 is 2.00 bits per heavy atom. The Morgan fingerprint density at radius 1 is 1.44 bits per heavy atom. The van der Waals surface area contributed by atoms with Crippen LogP contribution in [0.1, 0.15) is 27.7 Å². The van der Waals surface area contributed by atoms with Crippen LogP contribution in [0.4, 0.5) is 4.39 Å². The highest BCUT2D eigenvalue weighted by atomic mass is 19.1. The van der Waals surface area contributed by atoms with Gasteiger partial charge in [0, 0.05) is 6.54 Å². The van der Waals surface area contributed by atoms with Crippen molar-refractivity contribution in [3.05, 3.63) is 0 Å². The zero-order chi connectivity index (χ0) is 12.8. The minimum Gasteiger partial charge on any atom is -0.459 e. The van der Waals surface area contributed by atoms with Gasteiger partial charge in [-0.05, 0) is 27.7 Å². The van der Waals surface area contributed by atoms with Gasteiger partial charge in [0.1, 0.15) is 12.1 Å². The fourth-order valence-corrected chi connectivity index (χ4v) is 0.893. The van der Waals surface area contributed by atoms with Crippen LogP contribution < -0.4 is 0 Å². The monoisotopic (exact) mass is 234 g/mol. The molecule has 5 nitrogen and oxygen atoms in total. The zero-order valence-corrected chi connectivity index (χ0v) is 10.4. The van der Waals surface area contributed by atoms with Crippen LogP contribution in [0, 0.1) is 0 Å². The van der Waals surface area contributed by atoms with Gasteiger partial charge in [-0.2, -0.15) is 0 Å². The topological polar surface area (TPSA) is 51.1 Å². The zero-order valence-electron chi connectivity index (χ0n) is 10.4. The summed E-state index contributed by atoms with van der Waals surface area (Å²) in [6.07, 6.45) is -0.981. The number of likely N-dealkylation sites (N-methyl/N-ethyl adjacent to an activating group) is 1. The van der Waals surface area contributed by atoms with Crippen molar-refractivity contribution in [1.82, 2.24) is 5.01 Å². The molecule has 0 unspecified atom stereocenters. The van der Waals surface area contributed by atoms with Crippen molar-refractivity contribution in [2.75, 3.05) is 20.2 Å². The Bertz CT molecular complexity index is 261. The summed E-state index contributed by atoms with van der Waals surface area (Å²) in [6, 6.07) is 0. The number of methoxy groups -OCH3 is 1. The number of hydrogen-bond donors (Lipinski definition) is 0. The molecule has 0 aromatic heterocycles. The lowest BCUT2D eigenvalue weighted by Crippen LogP contribution is -2.32. The Balaban J connectivity index is 4.28. The van der Waals surface area contributed by atoms with Gasteiger partial charge in [-0.1, -0.05) is 0 Å². The third kappa shape index (κ3) is 7.03. The summed E-state index contributed by atoms with van der Waals surface area (Å²) in [5.74, 6) is -0.456. The lowest BCUT2D eigenvalue weighted by Gasteiger charge is -2.22. The molecule has 0 saturated heterocycles. The van der Waals surface area contributed by atoms with Crippen LogP contribution in [0.5, 0.6) is 0 Å². The highest BCUT2D eigenvalue weighted by molar-refractivity contribution is 5.72. The summed E-state index contributed by atoms with van der Waals surface area (Å²) in [7, 11) is 1.17. The van der Waals surface area contributed by atoms with E-state index in [1.165, 1.54) is 12.1 Å². The van der Waals surface area contributed by atoms with E-state index in [0.717, 1.165) is 0 Å². The van der Waals surface area contributed by atoms with Gasteiger partial charge in [-0.3, -0.25) is 9.80 Å². The number of halogens is 1. The maximum Gasteiger partial charge on any atom is 0.393 e. The summed E-state index contributed by atoms with van der Waals surface area (Å²) in [6.45, 7) is 7.32. The van der Waals surface area contributed by atoms with E-state index in [0.29, 0.717) is 6.54 Å². The van der Waals surface area contributed by atoms with Gasteiger partial charge in [0.05, 0.1) is 7.11 Å². The molecule has 0 aliphatic rings. The van der Waals surface area contributed by atoms with Gasteiger partial charge >= 0.3 is 12.1 Å². The van der Waals surface area contributed by atoms with Crippen molar-refractivity contribution >= 4 is 12.1 Å². The average molecular weight is 234 g/mol. The Kier molecular flexibility index (Phi) is 5.77. The largest absolute Gasteiger partial charge is 0.459 e. The van der Waals surface area contributed by atoms with Crippen LogP contribution in [-0.2, 0) is 14.3 Å². The van der Waals surface area contributed by atoms with Crippen LogP contribution in [0.15, 0.2) is 5.10 Å². The van der Waals surface area contributed by atoms with Crippen molar-refractivity contribution in [2.45, 2.75) is 33.3 Å². The molecule has 94 valence electrons. The van der Waals surface area contributed by atoms with Crippen LogP contribution >= 0.6 is 0 Å². The normalized spacial score (nSPS) is 12.2. The predicted molar refractivity (Wildman–Crippen MR) is 58.6 cm³/mol. The fraction of sp³-hybridized carbons (Fsp3) is 0.800. The quantitative estimate of drug-likeness (QED) is 0.320. The number of hydrazone groups is 1. The molecule has 0 amide bonds. The Hall–Kier alpha value is -1.33. The fourth-order valence-electron chi connectivity index (χ4n) is 0.893. The minimum absolute atomic E-state index is 0.107. The highest BCUT2D eigenvalue weighted by Gasteiger charge is 2.18. The molecule has 0 radical (unpaired) electrons. The van der Waals surface area contributed by atoms with Crippen LogP contribution in [-0.4, -0.2) is 42.9 Å². The third-order valence-corrected chi connectivity index (χ3v) is 1.49. The number of ether oxygens (including phenoxy) is 2. The van der Waals surface area contributed by atoms with Crippen LogP contribution in [0.2, 0.25) is 0 Å². The van der Waals surface area contributed by atoms with Crippen LogP contribution in [0.3, 0.4) is 0 Å². The van der Waals surface area contributed by atoms with Crippen molar-refractivity contribution in [2.24, 2.45) is 5.10 Å². The molecule has 0 aliphatic carbocycles. The van der Waals surface area contributed by atoms with Gasteiger partial charge < -0.3 is 9.47 Å². The van der Waals surface area contributed by atoms with E-state index < -0.39 is 17.7 Å². The van der Waals surface area contributed by atoms with E-state index in [-0.39, 0.29) is 6.54 Å². The molecule has 0 aliphatic heterocycles. The van der Waals surface area contributed by atoms with Gasteiger partial charge in [-0.15, -0.1) is 9.49 Å². The van der Waals surface area contributed by atoms with Crippen molar-refractivity contribution in [3.63, 3.8) is 0 Å². The second-order valence-corrected chi connectivity index (χ2v) is 4.12. The second-order valence-electron chi connectivity index (χ2n) is 4.12. The van der Waals surface area contributed by atoms with Gasteiger partial charge in [0.15, 0.2) is 0 Å².